The van der Waals surface area contributed by atoms with E-state index in [1.165, 1.54) is 12.1 Å². The zero-order valence-electron chi connectivity index (χ0n) is 9.01. The Labute approximate surface area is 87.6 Å². The van der Waals surface area contributed by atoms with Crippen molar-refractivity contribution in [3.63, 3.8) is 0 Å². The Morgan fingerprint density at radius 2 is 2.15 bits per heavy atom. The maximum atomic E-state index is 4.47. The van der Waals surface area contributed by atoms with Crippen LogP contribution in [-0.4, -0.2) is 23.2 Å². The lowest BCUT2D eigenvalue weighted by Crippen LogP contribution is -2.22. The van der Waals surface area contributed by atoms with Gasteiger partial charge in [0.15, 0.2) is 0 Å². The zero-order chi connectivity index (χ0) is 10.1. The summed E-state index contributed by atoms with van der Waals surface area (Å²) in [7, 11) is 0. The molecule has 2 heteroatoms. The van der Waals surface area contributed by atoms with Crippen molar-refractivity contribution in [2.24, 2.45) is 5.41 Å². The quantitative estimate of drug-likeness (QED) is 0.669. The average molecular weight is 199 g/mol. The Bertz CT molecular complexity index is 193. The van der Waals surface area contributed by atoms with E-state index in [-0.39, 0.29) is 0 Å². The summed E-state index contributed by atoms with van der Waals surface area (Å²) in [6, 6.07) is 0. The van der Waals surface area contributed by atoms with E-state index in [1.54, 1.807) is 0 Å². The lowest BCUT2D eigenvalue weighted by molar-refractivity contribution is 0.330. The van der Waals surface area contributed by atoms with Gasteiger partial charge in [0.2, 0.25) is 0 Å². The topological polar surface area (TPSA) is 3.24 Å². The Kier molecular flexibility index (Phi) is 3.33. The molecule has 1 aliphatic rings. The van der Waals surface area contributed by atoms with Gasteiger partial charge in [-0.3, -0.25) is 0 Å². The molecule has 0 bridgehead atoms. The molecule has 0 radical (unpaired) electrons. The van der Waals surface area contributed by atoms with E-state index >= 15 is 0 Å². The van der Waals surface area contributed by atoms with E-state index in [0.29, 0.717) is 10.7 Å². The number of hydrogen-bond acceptors (Lipinski definition) is 2. The summed E-state index contributed by atoms with van der Waals surface area (Å²) >= 11 is 4.47. The molecular weight excluding hydrogens is 178 g/mol. The molecule has 0 aromatic rings. The summed E-state index contributed by atoms with van der Waals surface area (Å²) in [5.74, 6) is 0. The lowest BCUT2D eigenvalue weighted by atomic mass is 9.90. The van der Waals surface area contributed by atoms with E-state index in [2.05, 4.69) is 44.9 Å². The first kappa shape index (κ1) is 11.0. The number of rotatable bonds is 2. The van der Waals surface area contributed by atoms with E-state index in [9.17, 15) is 0 Å². The molecule has 0 amide bonds. The molecule has 1 atom stereocenters. The minimum absolute atomic E-state index is 0.353. The van der Waals surface area contributed by atoms with Crippen molar-refractivity contribution < 1.29 is 0 Å². The first-order valence-corrected chi connectivity index (χ1v) is 5.51. The van der Waals surface area contributed by atoms with Crippen LogP contribution in [-0.2, 0) is 0 Å². The highest BCUT2D eigenvalue weighted by Gasteiger charge is 2.22. The fourth-order valence-electron chi connectivity index (χ4n) is 1.75. The first-order chi connectivity index (χ1) is 5.88. The maximum absolute atomic E-state index is 4.47. The molecule has 1 heterocycles. The summed E-state index contributed by atoms with van der Waals surface area (Å²) < 4.78 is 0. The van der Waals surface area contributed by atoms with Crippen molar-refractivity contribution in [2.75, 3.05) is 13.1 Å². The second-order valence-corrected chi connectivity index (χ2v) is 5.92. The van der Waals surface area contributed by atoms with E-state index in [0.717, 1.165) is 19.5 Å². The normalized spacial score (nSPS) is 23.7. The smallest absolute Gasteiger partial charge is 0.0292 e. The molecule has 1 saturated heterocycles. The molecule has 1 fully saturated rings. The molecule has 0 aromatic heterocycles. The van der Waals surface area contributed by atoms with Gasteiger partial charge in [0.25, 0.3) is 0 Å². The number of likely N-dealkylation sites (tertiary alicyclic amines) is 1. The Morgan fingerprint density at radius 1 is 1.54 bits per heavy atom. The Morgan fingerprint density at radius 3 is 2.54 bits per heavy atom. The summed E-state index contributed by atoms with van der Waals surface area (Å²) in [6.45, 7) is 13.1. The maximum Gasteiger partial charge on any atom is 0.0292 e. The third-order valence-corrected chi connectivity index (χ3v) is 2.77. The van der Waals surface area contributed by atoms with Gasteiger partial charge in [-0.25, -0.2) is 0 Å². The molecule has 0 N–H and O–H groups in total. The van der Waals surface area contributed by atoms with Gasteiger partial charge in [0.05, 0.1) is 0 Å². The number of hydrogen-bond donors (Lipinski definition) is 1. The molecule has 1 aliphatic heterocycles. The van der Waals surface area contributed by atoms with Gasteiger partial charge >= 0.3 is 0 Å². The highest BCUT2D eigenvalue weighted by Crippen LogP contribution is 2.28. The number of thiol groups is 1. The van der Waals surface area contributed by atoms with Crippen LogP contribution in [0.15, 0.2) is 12.3 Å². The highest BCUT2D eigenvalue weighted by atomic mass is 32.1. The second-order valence-electron chi connectivity index (χ2n) is 5.19. The van der Waals surface area contributed by atoms with Crippen LogP contribution in [0.4, 0.5) is 0 Å². The summed E-state index contributed by atoms with van der Waals surface area (Å²) in [5.41, 5.74) is 1.63. The number of nitrogens with zero attached hydrogens (tertiary/aromatic N) is 1. The SMILES string of the molecule is C=C(CC(C)(C)C)N1CCC(S)C1. The highest BCUT2D eigenvalue weighted by molar-refractivity contribution is 7.81. The van der Waals surface area contributed by atoms with Crippen LogP contribution in [0.25, 0.3) is 0 Å². The second kappa shape index (κ2) is 3.95. The summed E-state index contributed by atoms with van der Waals surface area (Å²) in [4.78, 5) is 2.38. The van der Waals surface area contributed by atoms with Crippen molar-refractivity contribution in [2.45, 2.75) is 38.9 Å². The molecule has 1 unspecified atom stereocenters. The molecule has 0 aliphatic carbocycles. The van der Waals surface area contributed by atoms with E-state index < -0.39 is 0 Å². The Hall–Kier alpha value is -0.110. The molecule has 0 aromatic carbocycles. The molecular formula is C11H21NS. The van der Waals surface area contributed by atoms with Crippen LogP contribution in [0.2, 0.25) is 0 Å². The van der Waals surface area contributed by atoms with Crippen LogP contribution >= 0.6 is 12.6 Å². The van der Waals surface area contributed by atoms with E-state index in [1.807, 2.05) is 0 Å². The largest absolute Gasteiger partial charge is 0.374 e. The monoisotopic (exact) mass is 199 g/mol. The predicted octanol–water partition coefficient (Wildman–Crippen LogP) is 2.94. The van der Waals surface area contributed by atoms with Crippen molar-refractivity contribution in [1.82, 2.24) is 4.90 Å². The van der Waals surface area contributed by atoms with Crippen LogP contribution in [0.3, 0.4) is 0 Å². The molecule has 1 nitrogen and oxygen atoms in total. The van der Waals surface area contributed by atoms with Crippen LogP contribution in [0.5, 0.6) is 0 Å². The average Bonchev–Trinajstić information content (AvgIpc) is 2.31. The van der Waals surface area contributed by atoms with Gasteiger partial charge in [0, 0.05) is 24.0 Å². The van der Waals surface area contributed by atoms with E-state index in [4.69, 9.17) is 0 Å². The fraction of sp³-hybridized carbons (Fsp3) is 0.818. The van der Waals surface area contributed by atoms with Crippen LogP contribution in [0, 0.1) is 5.41 Å². The Balaban J connectivity index is 2.41. The van der Waals surface area contributed by atoms with Crippen molar-refractivity contribution in [3.05, 3.63) is 12.3 Å². The first-order valence-electron chi connectivity index (χ1n) is 4.99. The summed E-state index contributed by atoms with van der Waals surface area (Å²) in [6.07, 6.45) is 2.29. The van der Waals surface area contributed by atoms with Gasteiger partial charge in [-0.15, -0.1) is 0 Å². The third kappa shape index (κ3) is 3.63. The van der Waals surface area contributed by atoms with Gasteiger partial charge in [-0.1, -0.05) is 27.4 Å². The predicted molar refractivity (Wildman–Crippen MR) is 62.2 cm³/mol. The van der Waals surface area contributed by atoms with Crippen LogP contribution in [0.1, 0.15) is 33.6 Å². The third-order valence-electron chi connectivity index (χ3n) is 2.34. The van der Waals surface area contributed by atoms with Gasteiger partial charge in [-0.2, -0.15) is 12.6 Å². The van der Waals surface area contributed by atoms with Crippen molar-refractivity contribution in [3.8, 4) is 0 Å². The number of allylic oxidation sites excluding steroid dienone is 1. The molecule has 13 heavy (non-hydrogen) atoms. The van der Waals surface area contributed by atoms with Gasteiger partial charge < -0.3 is 4.90 Å². The van der Waals surface area contributed by atoms with Crippen LogP contribution < -0.4 is 0 Å². The lowest BCUT2D eigenvalue weighted by Gasteiger charge is -2.27. The molecule has 0 spiro atoms. The zero-order valence-corrected chi connectivity index (χ0v) is 9.90. The molecule has 1 rings (SSSR count). The fourth-order valence-corrected chi connectivity index (χ4v) is 2.07. The molecule has 76 valence electrons. The van der Waals surface area contributed by atoms with Gasteiger partial charge in [-0.05, 0) is 18.3 Å². The van der Waals surface area contributed by atoms with Crippen molar-refractivity contribution >= 4 is 12.6 Å². The minimum atomic E-state index is 0.353. The standard InChI is InChI=1S/C11H21NS/c1-9(7-11(2,3)4)12-6-5-10(13)8-12/h10,13H,1,5-8H2,2-4H3. The minimum Gasteiger partial charge on any atom is -0.374 e. The van der Waals surface area contributed by atoms with Crippen molar-refractivity contribution in [1.29, 1.82) is 0 Å². The molecule has 0 saturated carbocycles. The van der Waals surface area contributed by atoms with Gasteiger partial charge in [0.1, 0.15) is 0 Å². The summed E-state index contributed by atoms with van der Waals surface area (Å²) in [5, 5.41) is 0.553.